The zero-order valence-electron chi connectivity index (χ0n) is 3.18. The fourth-order valence-electron chi connectivity index (χ4n) is 0.0481. The Balaban J connectivity index is 3.23. The molecule has 2 N–H and O–H groups in total. The van der Waals surface area contributed by atoms with Crippen LogP contribution in [0.15, 0.2) is 12.7 Å². The largest absolute Gasteiger partial charge is 0.273 e. The third-order valence-electron chi connectivity index (χ3n) is 0.283. The van der Waals surface area contributed by atoms with Crippen molar-refractivity contribution in [2.45, 2.75) is 0 Å². The minimum atomic E-state index is 0.634. The first-order valence-corrected chi connectivity index (χ1v) is 2.63. The summed E-state index contributed by atoms with van der Waals surface area (Å²) in [4.78, 5) is 0. The van der Waals surface area contributed by atoms with Gasteiger partial charge < -0.3 is 0 Å². The SMILES string of the molecule is C=CC(=S)SN. The van der Waals surface area contributed by atoms with Crippen LogP contribution in [0.3, 0.4) is 0 Å². The van der Waals surface area contributed by atoms with Crippen LogP contribution in [0.1, 0.15) is 0 Å². The molecule has 0 saturated carbocycles. The second-order valence-corrected chi connectivity index (χ2v) is 2.01. The smallest absolute Gasteiger partial charge is 0.0849 e. The van der Waals surface area contributed by atoms with E-state index in [0.717, 1.165) is 11.9 Å². The van der Waals surface area contributed by atoms with Crippen LogP contribution in [-0.4, -0.2) is 4.20 Å². The summed E-state index contributed by atoms with van der Waals surface area (Å²) in [5.41, 5.74) is 0. The van der Waals surface area contributed by atoms with Gasteiger partial charge in [0.15, 0.2) is 0 Å². The lowest BCUT2D eigenvalue weighted by Gasteiger charge is -1.80. The van der Waals surface area contributed by atoms with Gasteiger partial charge in [-0.3, -0.25) is 5.14 Å². The molecule has 0 spiro atoms. The van der Waals surface area contributed by atoms with Crippen molar-refractivity contribution in [3.8, 4) is 0 Å². The van der Waals surface area contributed by atoms with Crippen molar-refractivity contribution in [1.29, 1.82) is 0 Å². The highest BCUT2D eigenvalue weighted by Crippen LogP contribution is 1.90. The number of rotatable bonds is 1. The van der Waals surface area contributed by atoms with Crippen molar-refractivity contribution >= 4 is 28.4 Å². The Hall–Kier alpha value is 0.140. The molecule has 0 radical (unpaired) electrons. The second kappa shape index (κ2) is 3.33. The van der Waals surface area contributed by atoms with E-state index >= 15 is 0 Å². The van der Waals surface area contributed by atoms with Gasteiger partial charge in [-0.1, -0.05) is 18.8 Å². The highest BCUT2D eigenvalue weighted by molar-refractivity contribution is 8.22. The monoisotopic (exact) mass is 119 g/mol. The van der Waals surface area contributed by atoms with Crippen molar-refractivity contribution < 1.29 is 0 Å². The Labute approximate surface area is 46.7 Å². The second-order valence-electron chi connectivity index (χ2n) is 0.641. The fraction of sp³-hybridized carbons (Fsp3) is 0. The molecule has 0 aromatic heterocycles. The molecule has 0 aromatic carbocycles. The molecule has 0 saturated heterocycles. The van der Waals surface area contributed by atoms with Crippen molar-refractivity contribution in [2.75, 3.05) is 0 Å². The van der Waals surface area contributed by atoms with Gasteiger partial charge in [0.2, 0.25) is 0 Å². The van der Waals surface area contributed by atoms with E-state index in [4.69, 9.17) is 5.14 Å². The minimum absolute atomic E-state index is 0.634. The maximum absolute atomic E-state index is 4.99. The molecule has 0 aliphatic heterocycles. The summed E-state index contributed by atoms with van der Waals surface area (Å²) in [7, 11) is 0. The highest BCUT2D eigenvalue weighted by atomic mass is 32.2. The molecule has 0 rings (SSSR count). The predicted molar refractivity (Wildman–Crippen MR) is 34.6 cm³/mol. The standard InChI is InChI=1S/C3H5NS2/c1-2-3(5)6-4/h2H,1,4H2. The van der Waals surface area contributed by atoms with E-state index in [-0.39, 0.29) is 0 Å². The van der Waals surface area contributed by atoms with Crippen molar-refractivity contribution in [2.24, 2.45) is 5.14 Å². The van der Waals surface area contributed by atoms with Gasteiger partial charge in [0.05, 0.1) is 4.20 Å². The summed E-state index contributed by atoms with van der Waals surface area (Å²) in [5, 5.41) is 4.99. The average molecular weight is 119 g/mol. The van der Waals surface area contributed by atoms with Crippen LogP contribution in [0.5, 0.6) is 0 Å². The molecular weight excluding hydrogens is 114 g/mol. The maximum Gasteiger partial charge on any atom is 0.0849 e. The molecule has 6 heavy (non-hydrogen) atoms. The van der Waals surface area contributed by atoms with E-state index in [0.29, 0.717) is 4.20 Å². The van der Waals surface area contributed by atoms with Crippen molar-refractivity contribution in [3.05, 3.63) is 12.7 Å². The summed E-state index contributed by atoms with van der Waals surface area (Å²) in [6.07, 6.45) is 1.54. The quantitative estimate of drug-likeness (QED) is 0.318. The first-order valence-electron chi connectivity index (χ1n) is 1.34. The predicted octanol–water partition coefficient (Wildman–Crippen LogP) is 1.11. The van der Waals surface area contributed by atoms with Crippen molar-refractivity contribution in [1.82, 2.24) is 0 Å². The average Bonchev–Trinajstić information content (AvgIpc) is 1.65. The Morgan fingerprint density at radius 1 is 2.00 bits per heavy atom. The van der Waals surface area contributed by atoms with Gasteiger partial charge in [-0.25, -0.2) is 0 Å². The van der Waals surface area contributed by atoms with Gasteiger partial charge in [-0.05, 0) is 18.0 Å². The molecule has 0 aliphatic carbocycles. The molecule has 1 nitrogen and oxygen atoms in total. The first kappa shape index (κ1) is 6.14. The van der Waals surface area contributed by atoms with Gasteiger partial charge >= 0.3 is 0 Å². The lowest BCUT2D eigenvalue weighted by molar-refractivity contribution is 2.06. The molecular formula is C3H5NS2. The number of nitrogens with two attached hydrogens (primary N) is 1. The van der Waals surface area contributed by atoms with Crippen LogP contribution in [0.2, 0.25) is 0 Å². The van der Waals surface area contributed by atoms with Crippen LogP contribution in [-0.2, 0) is 0 Å². The summed E-state index contributed by atoms with van der Waals surface area (Å²) in [6, 6.07) is 0. The van der Waals surface area contributed by atoms with E-state index in [1.807, 2.05) is 0 Å². The first-order chi connectivity index (χ1) is 2.81. The molecule has 0 amide bonds. The Bertz CT molecular complexity index is 69.2. The molecule has 0 unspecified atom stereocenters. The Morgan fingerprint density at radius 3 is 2.50 bits per heavy atom. The summed E-state index contributed by atoms with van der Waals surface area (Å²) in [6.45, 7) is 3.39. The Morgan fingerprint density at radius 2 is 2.50 bits per heavy atom. The van der Waals surface area contributed by atoms with Gasteiger partial charge in [0, 0.05) is 0 Å². The topological polar surface area (TPSA) is 26.0 Å². The number of hydrogen-bond acceptors (Lipinski definition) is 3. The van der Waals surface area contributed by atoms with E-state index in [1.54, 1.807) is 6.08 Å². The minimum Gasteiger partial charge on any atom is -0.273 e. The van der Waals surface area contributed by atoms with Crippen LogP contribution in [0.25, 0.3) is 0 Å². The number of thiocarbonyl (C=S) groups is 1. The lowest BCUT2D eigenvalue weighted by Crippen LogP contribution is -1.84. The normalized spacial score (nSPS) is 7.50. The summed E-state index contributed by atoms with van der Waals surface area (Å²) < 4.78 is 0.634. The van der Waals surface area contributed by atoms with Crippen LogP contribution in [0, 0.1) is 0 Å². The lowest BCUT2D eigenvalue weighted by atomic mass is 10.8. The third kappa shape index (κ3) is 2.38. The highest BCUT2D eigenvalue weighted by Gasteiger charge is 1.77. The van der Waals surface area contributed by atoms with Crippen LogP contribution >= 0.6 is 24.2 Å². The zero-order valence-corrected chi connectivity index (χ0v) is 4.81. The van der Waals surface area contributed by atoms with Gasteiger partial charge in [0.25, 0.3) is 0 Å². The van der Waals surface area contributed by atoms with Gasteiger partial charge in [0.1, 0.15) is 0 Å². The molecule has 0 aliphatic rings. The molecule has 0 aromatic rings. The molecule has 34 valence electrons. The molecule has 0 bridgehead atoms. The van der Waals surface area contributed by atoms with E-state index in [9.17, 15) is 0 Å². The maximum atomic E-state index is 4.99. The Kier molecular flexibility index (Phi) is 3.41. The molecule has 0 atom stereocenters. The van der Waals surface area contributed by atoms with Crippen LogP contribution < -0.4 is 5.14 Å². The zero-order chi connectivity index (χ0) is 4.99. The summed E-state index contributed by atoms with van der Waals surface area (Å²) >= 11 is 5.61. The van der Waals surface area contributed by atoms with Gasteiger partial charge in [-0.15, -0.1) is 0 Å². The van der Waals surface area contributed by atoms with Crippen LogP contribution in [0.4, 0.5) is 0 Å². The molecule has 0 heterocycles. The van der Waals surface area contributed by atoms with Gasteiger partial charge in [-0.2, -0.15) is 0 Å². The van der Waals surface area contributed by atoms with E-state index < -0.39 is 0 Å². The molecule has 0 fully saturated rings. The number of hydrogen-bond donors (Lipinski definition) is 1. The summed E-state index contributed by atoms with van der Waals surface area (Å²) in [5.74, 6) is 0. The van der Waals surface area contributed by atoms with E-state index in [2.05, 4.69) is 18.8 Å². The third-order valence-corrected chi connectivity index (χ3v) is 1.14. The van der Waals surface area contributed by atoms with E-state index in [1.165, 1.54) is 0 Å². The fourth-order valence-corrected chi connectivity index (χ4v) is 0.144. The molecule has 3 heteroatoms. The van der Waals surface area contributed by atoms with Crippen molar-refractivity contribution in [3.63, 3.8) is 0 Å².